The van der Waals surface area contributed by atoms with Gasteiger partial charge < -0.3 is 4.57 Å². The van der Waals surface area contributed by atoms with E-state index >= 15 is 0 Å². The van der Waals surface area contributed by atoms with Crippen molar-refractivity contribution >= 4 is 44.9 Å². The van der Waals surface area contributed by atoms with E-state index in [4.69, 9.17) is 0 Å². The summed E-state index contributed by atoms with van der Waals surface area (Å²) in [7, 11) is 0. The topological polar surface area (TPSA) is 28.7 Å². The zero-order valence-electron chi connectivity index (χ0n) is 15.0. The van der Waals surface area contributed by atoms with Gasteiger partial charge in [0.2, 0.25) is 6.71 Å². The number of hydrogen-bond acceptors (Lipinski definition) is 1. The number of rotatable bonds is 0. The van der Waals surface area contributed by atoms with E-state index in [0.717, 1.165) is 11.1 Å². The van der Waals surface area contributed by atoms with Gasteiger partial charge in [0, 0.05) is 22.0 Å². The Labute approximate surface area is 162 Å². The van der Waals surface area contributed by atoms with Gasteiger partial charge in [0.15, 0.2) is 0 Å². The average molecular weight is 352 g/mol. The van der Waals surface area contributed by atoms with Gasteiger partial charge in [-0.05, 0) is 40.3 Å². The lowest BCUT2D eigenvalue weighted by atomic mass is 9.37. The molecule has 7 rings (SSSR count). The van der Waals surface area contributed by atoms with Gasteiger partial charge in [0.05, 0.1) is 17.1 Å². The summed E-state index contributed by atoms with van der Waals surface area (Å²) in [5, 5.41) is 12.3. The number of para-hydroxylation sites is 2. The minimum atomic E-state index is 0.190. The molecule has 0 saturated heterocycles. The van der Waals surface area contributed by atoms with Crippen LogP contribution in [0.15, 0.2) is 78.9 Å². The molecule has 3 heterocycles. The highest BCUT2D eigenvalue weighted by Gasteiger charge is 2.41. The van der Waals surface area contributed by atoms with Gasteiger partial charge in [-0.25, -0.2) is 0 Å². The van der Waals surface area contributed by atoms with E-state index in [1.165, 1.54) is 49.4 Å². The van der Waals surface area contributed by atoms with Crippen molar-refractivity contribution in [3.8, 4) is 22.9 Å². The van der Waals surface area contributed by atoms with Crippen molar-refractivity contribution < 1.29 is 0 Å². The van der Waals surface area contributed by atoms with Crippen molar-refractivity contribution in [2.75, 3.05) is 0 Å². The predicted molar refractivity (Wildman–Crippen MR) is 116 cm³/mol. The van der Waals surface area contributed by atoms with Crippen molar-refractivity contribution in [2.24, 2.45) is 0 Å². The first kappa shape index (κ1) is 14.3. The highest BCUT2D eigenvalue weighted by Crippen LogP contribution is 2.37. The Bertz CT molecular complexity index is 1530. The van der Waals surface area contributed by atoms with Crippen molar-refractivity contribution in [1.82, 2.24) is 4.57 Å². The van der Waals surface area contributed by atoms with Crippen LogP contribution in [0.1, 0.15) is 5.56 Å². The molecule has 0 N–H and O–H groups in total. The van der Waals surface area contributed by atoms with E-state index in [1.54, 1.807) is 0 Å². The van der Waals surface area contributed by atoms with Crippen LogP contribution in [0, 0.1) is 11.3 Å². The molecule has 0 spiro atoms. The molecule has 2 aliphatic heterocycles. The van der Waals surface area contributed by atoms with Gasteiger partial charge in [0.1, 0.15) is 0 Å². The van der Waals surface area contributed by atoms with Crippen LogP contribution in [0.4, 0.5) is 0 Å². The second kappa shape index (κ2) is 4.74. The molecule has 0 fully saturated rings. The highest BCUT2D eigenvalue weighted by molar-refractivity contribution is 7.01. The molecule has 4 aromatic carbocycles. The molecule has 3 heteroatoms. The molecule has 0 aliphatic carbocycles. The molecule has 28 heavy (non-hydrogen) atoms. The maximum atomic E-state index is 9.74. The molecule has 0 amide bonds. The third kappa shape index (κ3) is 1.45. The fourth-order valence-electron chi connectivity index (χ4n) is 5.48. The van der Waals surface area contributed by atoms with E-state index in [0.29, 0.717) is 0 Å². The van der Waals surface area contributed by atoms with Crippen molar-refractivity contribution in [3.05, 3.63) is 84.4 Å². The van der Waals surface area contributed by atoms with Crippen LogP contribution in [0.2, 0.25) is 0 Å². The highest BCUT2D eigenvalue weighted by atomic mass is 15.0. The Balaban J connectivity index is 1.76. The summed E-state index contributed by atoms with van der Waals surface area (Å²) in [4.78, 5) is 0. The smallest absolute Gasteiger partial charge is 0.248 e. The van der Waals surface area contributed by atoms with Gasteiger partial charge >= 0.3 is 0 Å². The quantitative estimate of drug-likeness (QED) is 0.384. The second-order valence-corrected chi connectivity index (χ2v) is 7.65. The number of fused-ring (bicyclic) bond motifs is 8. The van der Waals surface area contributed by atoms with E-state index in [-0.39, 0.29) is 6.71 Å². The lowest BCUT2D eigenvalue weighted by molar-refractivity contribution is 1.19. The average Bonchev–Trinajstić information content (AvgIpc) is 3.27. The third-order valence-electron chi connectivity index (χ3n) is 6.45. The molecular formula is C25H13BN2. The molecule has 126 valence electrons. The predicted octanol–water partition coefficient (Wildman–Crippen LogP) is 3.47. The summed E-state index contributed by atoms with van der Waals surface area (Å²) in [5.41, 5.74) is 10.8. The van der Waals surface area contributed by atoms with E-state index in [1.807, 2.05) is 12.1 Å². The van der Waals surface area contributed by atoms with Gasteiger partial charge in [-0.2, -0.15) is 5.26 Å². The standard InChI is InChI=1S/C25H13BN2/c27-14-15-6-3-10-19-23(15)18-9-5-13-22-24(18)26(19)20-11-4-8-17-16-7-1-2-12-21(16)28(22)25(17)20/h1-13H. The van der Waals surface area contributed by atoms with Gasteiger partial charge in [-0.3, -0.25) is 0 Å². The minimum absolute atomic E-state index is 0.190. The SMILES string of the molecule is N#Cc1cccc2c1-c1cccc3c1B2c1cccc2c4ccccc4n-3c12. The fourth-order valence-corrected chi connectivity index (χ4v) is 5.48. The summed E-state index contributed by atoms with van der Waals surface area (Å²) >= 11 is 0. The van der Waals surface area contributed by atoms with Crippen molar-refractivity contribution in [3.63, 3.8) is 0 Å². The van der Waals surface area contributed by atoms with E-state index in [2.05, 4.69) is 77.4 Å². The Morgan fingerprint density at radius 1 is 0.750 bits per heavy atom. The lowest BCUT2D eigenvalue weighted by Gasteiger charge is -2.24. The summed E-state index contributed by atoms with van der Waals surface area (Å²) < 4.78 is 2.42. The van der Waals surface area contributed by atoms with Gasteiger partial charge in [-0.1, -0.05) is 66.1 Å². The largest absolute Gasteiger partial charge is 0.310 e. The Morgan fingerprint density at radius 2 is 1.54 bits per heavy atom. The van der Waals surface area contributed by atoms with Crippen LogP contribution in [-0.4, -0.2) is 11.3 Å². The normalized spacial score (nSPS) is 12.9. The van der Waals surface area contributed by atoms with Crippen LogP contribution in [0.5, 0.6) is 0 Å². The molecule has 5 aromatic rings. The van der Waals surface area contributed by atoms with Crippen molar-refractivity contribution in [1.29, 1.82) is 5.26 Å². The number of nitriles is 1. The van der Waals surface area contributed by atoms with Crippen LogP contribution in [-0.2, 0) is 0 Å². The first-order valence-corrected chi connectivity index (χ1v) is 9.57. The van der Waals surface area contributed by atoms with Crippen LogP contribution >= 0.6 is 0 Å². The zero-order chi connectivity index (χ0) is 18.4. The molecule has 0 bridgehead atoms. The summed E-state index contributed by atoms with van der Waals surface area (Å²) in [6.07, 6.45) is 0. The third-order valence-corrected chi connectivity index (χ3v) is 6.45. The Kier molecular flexibility index (Phi) is 2.42. The molecule has 0 saturated carbocycles. The molecular weight excluding hydrogens is 339 g/mol. The van der Waals surface area contributed by atoms with Crippen LogP contribution in [0.25, 0.3) is 38.6 Å². The molecule has 0 atom stereocenters. The second-order valence-electron chi connectivity index (χ2n) is 7.65. The number of nitrogens with zero attached hydrogens (tertiary/aromatic N) is 2. The molecule has 0 unspecified atom stereocenters. The lowest BCUT2D eigenvalue weighted by Crippen LogP contribution is -2.53. The maximum Gasteiger partial charge on any atom is 0.248 e. The molecule has 2 aliphatic rings. The van der Waals surface area contributed by atoms with Gasteiger partial charge in [-0.15, -0.1) is 0 Å². The summed E-state index contributed by atoms with van der Waals surface area (Å²) in [6, 6.07) is 30.4. The summed E-state index contributed by atoms with van der Waals surface area (Å²) in [6.45, 7) is 0.190. The Morgan fingerprint density at radius 3 is 2.46 bits per heavy atom. The minimum Gasteiger partial charge on any atom is -0.310 e. The maximum absolute atomic E-state index is 9.74. The summed E-state index contributed by atoms with van der Waals surface area (Å²) in [5.74, 6) is 0. The number of hydrogen-bond donors (Lipinski definition) is 0. The van der Waals surface area contributed by atoms with Crippen LogP contribution in [0.3, 0.4) is 0 Å². The Hall–Kier alpha value is -3.77. The van der Waals surface area contributed by atoms with E-state index in [9.17, 15) is 5.26 Å². The first-order valence-electron chi connectivity index (χ1n) is 9.57. The first-order chi connectivity index (χ1) is 13.9. The monoisotopic (exact) mass is 352 g/mol. The molecule has 2 nitrogen and oxygen atoms in total. The van der Waals surface area contributed by atoms with Gasteiger partial charge in [0.25, 0.3) is 0 Å². The number of aromatic nitrogens is 1. The molecule has 1 aromatic heterocycles. The fraction of sp³-hybridized carbons (Fsp3) is 0. The van der Waals surface area contributed by atoms with E-state index < -0.39 is 0 Å². The van der Waals surface area contributed by atoms with Crippen LogP contribution < -0.4 is 16.4 Å². The number of benzene rings is 4. The molecule has 0 radical (unpaired) electrons. The van der Waals surface area contributed by atoms with Crippen molar-refractivity contribution in [2.45, 2.75) is 0 Å². The zero-order valence-corrected chi connectivity index (χ0v) is 15.0.